The number of hydrogen-bond acceptors (Lipinski definition) is 2. The molecule has 24 heavy (non-hydrogen) atoms. The van der Waals surface area contributed by atoms with Gasteiger partial charge in [0, 0.05) is 29.9 Å². The van der Waals surface area contributed by atoms with E-state index in [9.17, 15) is 9.59 Å². The van der Waals surface area contributed by atoms with Crippen molar-refractivity contribution in [3.8, 4) is 0 Å². The van der Waals surface area contributed by atoms with Crippen LogP contribution in [-0.2, 0) is 16.1 Å². The first kappa shape index (κ1) is 18.8. The van der Waals surface area contributed by atoms with Crippen molar-refractivity contribution in [2.45, 2.75) is 52.0 Å². The van der Waals surface area contributed by atoms with E-state index in [1.165, 1.54) is 0 Å². The molecule has 2 N–H and O–H groups in total. The van der Waals surface area contributed by atoms with Gasteiger partial charge in [0.15, 0.2) is 0 Å². The van der Waals surface area contributed by atoms with Gasteiger partial charge in [-0.05, 0) is 49.8 Å². The fraction of sp³-hybridized carbons (Fsp3) is 0.579. The minimum Gasteiger partial charge on any atom is -0.356 e. The summed E-state index contributed by atoms with van der Waals surface area (Å²) in [5, 5.41) is 6.68. The monoisotopic (exact) mass is 350 g/mol. The lowest BCUT2D eigenvalue weighted by molar-refractivity contribution is -0.130. The average molecular weight is 351 g/mol. The lowest BCUT2D eigenvalue weighted by Gasteiger charge is -2.27. The molecule has 0 radical (unpaired) electrons. The Bertz CT molecular complexity index is 537. The van der Waals surface area contributed by atoms with Crippen LogP contribution >= 0.6 is 11.6 Å². The predicted molar refractivity (Wildman–Crippen MR) is 96.7 cm³/mol. The largest absolute Gasteiger partial charge is 0.356 e. The highest BCUT2D eigenvalue weighted by atomic mass is 35.5. The lowest BCUT2D eigenvalue weighted by Crippen LogP contribution is -2.37. The Kier molecular flexibility index (Phi) is 7.57. The van der Waals surface area contributed by atoms with Crippen molar-refractivity contribution in [3.63, 3.8) is 0 Å². The van der Waals surface area contributed by atoms with Gasteiger partial charge in [0.2, 0.25) is 11.8 Å². The molecule has 4 nitrogen and oxygen atoms in total. The number of rotatable bonds is 7. The summed E-state index contributed by atoms with van der Waals surface area (Å²) >= 11 is 5.86. The van der Waals surface area contributed by atoms with E-state index in [-0.39, 0.29) is 23.7 Å². The zero-order valence-corrected chi connectivity index (χ0v) is 15.1. The van der Waals surface area contributed by atoms with Crippen LogP contribution < -0.4 is 10.6 Å². The van der Waals surface area contributed by atoms with Crippen molar-refractivity contribution in [1.82, 2.24) is 10.6 Å². The molecule has 0 heterocycles. The number of nitrogens with one attached hydrogen (secondary N) is 2. The van der Waals surface area contributed by atoms with Gasteiger partial charge in [0.1, 0.15) is 0 Å². The fourth-order valence-electron chi connectivity index (χ4n) is 3.09. The third-order valence-corrected chi connectivity index (χ3v) is 4.93. The Morgan fingerprint density at radius 2 is 1.54 bits per heavy atom. The average Bonchev–Trinajstić information content (AvgIpc) is 2.61. The van der Waals surface area contributed by atoms with Gasteiger partial charge in [0.05, 0.1) is 0 Å². The topological polar surface area (TPSA) is 58.2 Å². The van der Waals surface area contributed by atoms with E-state index in [0.717, 1.165) is 50.6 Å². The minimum atomic E-state index is 0.0250. The highest BCUT2D eigenvalue weighted by Gasteiger charge is 2.29. The first-order chi connectivity index (χ1) is 11.6. The third-order valence-electron chi connectivity index (χ3n) is 4.68. The predicted octanol–water partition coefficient (Wildman–Crippen LogP) is 3.68. The van der Waals surface area contributed by atoms with E-state index in [1.54, 1.807) is 0 Å². The summed E-state index contributed by atoms with van der Waals surface area (Å²) in [4.78, 5) is 24.4. The molecule has 0 unspecified atom stereocenters. The molecule has 1 fully saturated rings. The van der Waals surface area contributed by atoms with Crippen LogP contribution in [-0.4, -0.2) is 18.4 Å². The van der Waals surface area contributed by atoms with E-state index >= 15 is 0 Å². The highest BCUT2D eigenvalue weighted by Crippen LogP contribution is 2.29. The van der Waals surface area contributed by atoms with Crippen molar-refractivity contribution in [2.24, 2.45) is 11.8 Å². The Morgan fingerprint density at radius 3 is 2.08 bits per heavy atom. The molecular formula is C19H27ClN2O2. The van der Waals surface area contributed by atoms with Crippen LogP contribution in [0.1, 0.15) is 51.0 Å². The van der Waals surface area contributed by atoms with Gasteiger partial charge in [-0.1, -0.05) is 37.1 Å². The van der Waals surface area contributed by atoms with Crippen molar-refractivity contribution in [3.05, 3.63) is 34.9 Å². The van der Waals surface area contributed by atoms with E-state index < -0.39 is 0 Å². The molecule has 2 amide bonds. The summed E-state index contributed by atoms with van der Waals surface area (Å²) in [6.45, 7) is 3.39. The second-order valence-corrected chi connectivity index (χ2v) is 6.97. The third kappa shape index (κ3) is 5.82. The van der Waals surface area contributed by atoms with E-state index in [2.05, 4.69) is 17.6 Å². The number of halogens is 1. The maximum absolute atomic E-state index is 12.3. The molecular weight excluding hydrogens is 324 g/mol. The van der Waals surface area contributed by atoms with E-state index in [1.807, 2.05) is 24.3 Å². The highest BCUT2D eigenvalue weighted by molar-refractivity contribution is 6.30. The first-order valence-corrected chi connectivity index (χ1v) is 9.27. The van der Waals surface area contributed by atoms with Crippen molar-refractivity contribution in [1.29, 1.82) is 0 Å². The molecule has 0 spiro atoms. The molecule has 0 saturated heterocycles. The molecule has 1 saturated carbocycles. The zero-order valence-electron chi connectivity index (χ0n) is 14.3. The minimum absolute atomic E-state index is 0.0250. The summed E-state index contributed by atoms with van der Waals surface area (Å²) in [6, 6.07) is 7.48. The molecule has 1 aromatic rings. The van der Waals surface area contributed by atoms with Crippen molar-refractivity contribution < 1.29 is 9.59 Å². The molecule has 1 aromatic carbocycles. The van der Waals surface area contributed by atoms with Crippen LogP contribution in [0, 0.1) is 11.8 Å². The molecule has 132 valence electrons. The van der Waals surface area contributed by atoms with Gasteiger partial charge in [-0.2, -0.15) is 0 Å². The lowest BCUT2D eigenvalue weighted by atomic mass is 9.81. The van der Waals surface area contributed by atoms with Crippen molar-refractivity contribution in [2.75, 3.05) is 6.54 Å². The Hall–Kier alpha value is -1.55. The van der Waals surface area contributed by atoms with Crippen LogP contribution in [0.15, 0.2) is 24.3 Å². The molecule has 1 aliphatic carbocycles. The fourth-order valence-corrected chi connectivity index (χ4v) is 3.21. The molecule has 0 atom stereocenters. The SMILES string of the molecule is CCCCNC(=O)C1CCC(C(=O)NCc2ccc(Cl)cc2)CC1. The Morgan fingerprint density at radius 1 is 1.00 bits per heavy atom. The quantitative estimate of drug-likeness (QED) is 0.737. The van der Waals surface area contributed by atoms with Gasteiger partial charge in [0.25, 0.3) is 0 Å². The second kappa shape index (κ2) is 9.67. The second-order valence-electron chi connectivity index (χ2n) is 6.54. The van der Waals surface area contributed by atoms with Gasteiger partial charge < -0.3 is 10.6 Å². The molecule has 0 aliphatic heterocycles. The number of benzene rings is 1. The Balaban J connectivity index is 1.70. The number of carbonyl (C=O) groups excluding carboxylic acids is 2. The summed E-state index contributed by atoms with van der Waals surface area (Å²) < 4.78 is 0. The zero-order chi connectivity index (χ0) is 17.4. The number of hydrogen-bond donors (Lipinski definition) is 2. The standard InChI is InChI=1S/C19H27ClN2O2/c1-2-3-12-21-18(23)15-6-8-16(9-7-15)19(24)22-13-14-4-10-17(20)11-5-14/h4-5,10-11,15-16H,2-3,6-9,12-13H2,1H3,(H,21,23)(H,22,24). The van der Waals surface area contributed by atoms with E-state index in [0.29, 0.717) is 11.6 Å². The molecule has 0 aromatic heterocycles. The molecule has 1 aliphatic rings. The summed E-state index contributed by atoms with van der Waals surface area (Å²) in [5.41, 5.74) is 1.04. The Labute approximate surface area is 149 Å². The van der Waals surface area contributed by atoms with Gasteiger partial charge in [-0.15, -0.1) is 0 Å². The molecule has 2 rings (SSSR count). The van der Waals surface area contributed by atoms with Crippen LogP contribution in [0.2, 0.25) is 5.02 Å². The number of carbonyl (C=O) groups is 2. The normalized spacial score (nSPS) is 20.4. The molecule has 5 heteroatoms. The number of unbranched alkanes of at least 4 members (excludes halogenated alkanes) is 1. The van der Waals surface area contributed by atoms with Crippen LogP contribution in [0.3, 0.4) is 0 Å². The first-order valence-electron chi connectivity index (χ1n) is 8.90. The van der Waals surface area contributed by atoms with E-state index in [4.69, 9.17) is 11.6 Å². The summed E-state index contributed by atoms with van der Waals surface area (Å²) in [6.07, 6.45) is 5.29. The van der Waals surface area contributed by atoms with Gasteiger partial charge >= 0.3 is 0 Å². The van der Waals surface area contributed by atoms with Crippen LogP contribution in [0.5, 0.6) is 0 Å². The number of amides is 2. The smallest absolute Gasteiger partial charge is 0.223 e. The molecule has 0 bridgehead atoms. The summed E-state index contributed by atoms with van der Waals surface area (Å²) in [7, 11) is 0. The maximum Gasteiger partial charge on any atom is 0.223 e. The van der Waals surface area contributed by atoms with Gasteiger partial charge in [-0.25, -0.2) is 0 Å². The van der Waals surface area contributed by atoms with Crippen LogP contribution in [0.25, 0.3) is 0 Å². The maximum atomic E-state index is 12.3. The van der Waals surface area contributed by atoms with Crippen molar-refractivity contribution >= 4 is 23.4 Å². The van der Waals surface area contributed by atoms with Gasteiger partial charge in [-0.3, -0.25) is 9.59 Å². The summed E-state index contributed by atoms with van der Waals surface area (Å²) in [5.74, 6) is 0.345. The van der Waals surface area contributed by atoms with Crippen LogP contribution in [0.4, 0.5) is 0 Å².